The molecule has 0 heterocycles. The monoisotopic (exact) mass is 334 g/mol. The van der Waals surface area contributed by atoms with Crippen molar-refractivity contribution in [3.63, 3.8) is 0 Å². The van der Waals surface area contributed by atoms with E-state index in [9.17, 15) is 31.2 Å². The molecule has 0 bridgehead atoms. The fourth-order valence-electron chi connectivity index (χ4n) is 1.59. The first-order valence-electron chi connectivity index (χ1n) is 6.00. The van der Waals surface area contributed by atoms with Gasteiger partial charge in [-0.3, -0.25) is 8.98 Å². The highest BCUT2D eigenvalue weighted by Crippen LogP contribution is 2.26. The lowest BCUT2D eigenvalue weighted by atomic mass is 9.92. The van der Waals surface area contributed by atoms with E-state index in [2.05, 4.69) is 4.18 Å². The molecule has 0 aliphatic carbocycles. The number of ether oxygens (including phenoxy) is 1. The molecule has 0 N–H and O–H groups in total. The van der Waals surface area contributed by atoms with E-state index in [0.717, 1.165) is 6.92 Å². The molecule has 0 radical (unpaired) electrons. The summed E-state index contributed by atoms with van der Waals surface area (Å²) < 4.78 is 66.3. The Kier molecular flexibility index (Phi) is 7.31. The quantitative estimate of drug-likeness (QED) is 0.290. The van der Waals surface area contributed by atoms with Crippen LogP contribution in [-0.2, 0) is 28.6 Å². The van der Waals surface area contributed by atoms with Crippen LogP contribution < -0.4 is 0 Å². The normalized spacial score (nSPS) is 16.9. The average Bonchev–Trinajstić information content (AvgIpc) is 2.33. The summed E-state index contributed by atoms with van der Waals surface area (Å²) in [6, 6.07) is 0. The fraction of sp³-hybridized carbons (Fsp3) is 0.818. The summed E-state index contributed by atoms with van der Waals surface area (Å²) in [5, 5.41) is 0. The Morgan fingerprint density at radius 3 is 2.19 bits per heavy atom. The van der Waals surface area contributed by atoms with Crippen LogP contribution in [0.4, 0.5) is 13.2 Å². The van der Waals surface area contributed by atoms with Gasteiger partial charge in [0.15, 0.2) is 0 Å². The first-order valence-corrected chi connectivity index (χ1v) is 7.41. The van der Waals surface area contributed by atoms with Crippen LogP contribution >= 0.6 is 0 Å². The summed E-state index contributed by atoms with van der Waals surface area (Å²) in [6.45, 7) is 3.38. The molecule has 6 nitrogen and oxygen atoms in total. The first kappa shape index (κ1) is 19.8. The van der Waals surface area contributed by atoms with Gasteiger partial charge in [-0.25, -0.2) is 0 Å². The Balaban J connectivity index is 4.62. The van der Waals surface area contributed by atoms with Crippen molar-refractivity contribution in [2.24, 2.45) is 11.8 Å². The molecule has 0 aromatic rings. The molecule has 0 spiro atoms. The van der Waals surface area contributed by atoms with E-state index >= 15 is 0 Å². The molecule has 0 saturated heterocycles. The van der Waals surface area contributed by atoms with Crippen LogP contribution in [0, 0.1) is 11.8 Å². The first-order chi connectivity index (χ1) is 9.42. The summed E-state index contributed by atoms with van der Waals surface area (Å²) in [5.74, 6) is -1.88. The van der Waals surface area contributed by atoms with Crippen molar-refractivity contribution in [3.05, 3.63) is 0 Å². The molecule has 3 atom stereocenters. The maximum absolute atomic E-state index is 12.0. The smallest absolute Gasteiger partial charge is 0.462 e. The van der Waals surface area contributed by atoms with E-state index in [1.807, 2.05) is 0 Å². The van der Waals surface area contributed by atoms with Crippen LogP contribution in [0.5, 0.6) is 0 Å². The predicted molar refractivity (Wildman–Crippen MR) is 65.5 cm³/mol. The van der Waals surface area contributed by atoms with Gasteiger partial charge in [0.05, 0.1) is 6.61 Å². The minimum atomic E-state index is -5.65. The summed E-state index contributed by atoms with van der Waals surface area (Å²) in [5.41, 5.74) is -5.48. The van der Waals surface area contributed by atoms with Gasteiger partial charge in [0, 0.05) is 12.8 Å². The van der Waals surface area contributed by atoms with E-state index in [-0.39, 0.29) is 6.42 Å². The van der Waals surface area contributed by atoms with Crippen LogP contribution in [0.25, 0.3) is 0 Å². The topological polar surface area (TPSA) is 86.7 Å². The molecular weight excluding hydrogens is 317 g/mol. The zero-order valence-electron chi connectivity index (χ0n) is 11.7. The number of aldehydes is 1. The minimum Gasteiger partial charge on any atom is -0.462 e. The minimum absolute atomic E-state index is 0.133. The number of carbonyl (C=O) groups excluding carboxylic acids is 2. The van der Waals surface area contributed by atoms with Gasteiger partial charge in [-0.2, -0.15) is 21.6 Å². The van der Waals surface area contributed by atoms with Gasteiger partial charge in [0.2, 0.25) is 0 Å². The van der Waals surface area contributed by atoms with Crippen LogP contribution in [0.1, 0.15) is 27.2 Å². The molecule has 0 aliphatic rings. The lowest BCUT2D eigenvalue weighted by molar-refractivity contribution is -0.152. The molecule has 0 saturated carbocycles. The second kappa shape index (κ2) is 7.74. The van der Waals surface area contributed by atoms with Gasteiger partial charge < -0.3 is 9.53 Å². The number of rotatable bonds is 8. The summed E-state index contributed by atoms with van der Waals surface area (Å²) >= 11 is 0. The number of alkyl halides is 3. The number of hydrogen-bond acceptors (Lipinski definition) is 6. The molecule has 10 heteroatoms. The van der Waals surface area contributed by atoms with E-state index in [0.29, 0.717) is 6.29 Å². The number of carbonyl (C=O) groups is 2. The molecular formula is C11H17F3O6S. The number of halogens is 3. The zero-order valence-corrected chi connectivity index (χ0v) is 12.5. The summed E-state index contributed by atoms with van der Waals surface area (Å²) in [7, 11) is -5.65. The fourth-order valence-corrected chi connectivity index (χ4v) is 2.03. The van der Waals surface area contributed by atoms with Crippen molar-refractivity contribution in [3.8, 4) is 0 Å². The molecule has 0 fully saturated rings. The summed E-state index contributed by atoms with van der Waals surface area (Å²) in [4.78, 5) is 21.7. The predicted octanol–water partition coefficient (Wildman–Crippen LogP) is 1.65. The molecule has 0 rings (SSSR count). The lowest BCUT2D eigenvalue weighted by Gasteiger charge is -2.26. The summed E-state index contributed by atoms with van der Waals surface area (Å²) in [6.07, 6.45) is -0.458. The number of esters is 1. The SMILES string of the molecule is CC(=O)O[C@H]([C@H](C)CCOS(=O)(=O)C(F)(F)F)[C@@H](C)C=O. The second-order valence-corrected chi connectivity index (χ2v) is 6.16. The molecule has 21 heavy (non-hydrogen) atoms. The third-order valence-electron chi connectivity index (χ3n) is 2.69. The maximum atomic E-state index is 12.0. The zero-order chi connectivity index (χ0) is 16.8. The van der Waals surface area contributed by atoms with Gasteiger partial charge in [-0.05, 0) is 12.3 Å². The van der Waals surface area contributed by atoms with Crippen molar-refractivity contribution in [2.45, 2.75) is 38.8 Å². The molecule has 124 valence electrons. The van der Waals surface area contributed by atoms with Gasteiger partial charge in [-0.1, -0.05) is 13.8 Å². The standard InChI is InChI=1S/C11H17F3O6S/c1-7(10(8(2)6-15)20-9(3)16)4-5-19-21(17,18)11(12,13)14/h6-8,10H,4-5H2,1-3H3/t7-,8+,10-/m1/s1. The van der Waals surface area contributed by atoms with Crippen molar-refractivity contribution in [1.82, 2.24) is 0 Å². The average molecular weight is 334 g/mol. The van der Waals surface area contributed by atoms with Crippen molar-refractivity contribution >= 4 is 22.4 Å². The Morgan fingerprint density at radius 1 is 1.29 bits per heavy atom. The largest absolute Gasteiger partial charge is 0.523 e. The highest BCUT2D eigenvalue weighted by molar-refractivity contribution is 7.87. The Morgan fingerprint density at radius 2 is 1.81 bits per heavy atom. The maximum Gasteiger partial charge on any atom is 0.523 e. The Labute approximate surface area is 120 Å². The second-order valence-electron chi connectivity index (χ2n) is 4.56. The van der Waals surface area contributed by atoms with Crippen LogP contribution in [0.2, 0.25) is 0 Å². The molecule has 0 amide bonds. The third kappa shape index (κ3) is 6.42. The van der Waals surface area contributed by atoms with Gasteiger partial charge >= 0.3 is 21.6 Å². The van der Waals surface area contributed by atoms with Crippen molar-refractivity contribution in [1.29, 1.82) is 0 Å². The van der Waals surface area contributed by atoms with Crippen molar-refractivity contribution < 1.29 is 40.1 Å². The molecule has 0 aliphatic heterocycles. The Hall–Kier alpha value is -1.16. The van der Waals surface area contributed by atoms with Crippen LogP contribution in [0.3, 0.4) is 0 Å². The number of hydrogen-bond donors (Lipinski definition) is 0. The van der Waals surface area contributed by atoms with Gasteiger partial charge in [-0.15, -0.1) is 0 Å². The van der Waals surface area contributed by atoms with E-state index < -0.39 is 46.1 Å². The van der Waals surface area contributed by atoms with E-state index in [1.165, 1.54) is 13.8 Å². The molecule has 0 aromatic carbocycles. The van der Waals surface area contributed by atoms with Crippen LogP contribution in [0.15, 0.2) is 0 Å². The van der Waals surface area contributed by atoms with Crippen LogP contribution in [-0.4, -0.2) is 38.9 Å². The van der Waals surface area contributed by atoms with Crippen molar-refractivity contribution in [2.75, 3.05) is 6.61 Å². The highest BCUT2D eigenvalue weighted by atomic mass is 32.2. The Bertz CT molecular complexity index is 459. The molecule has 0 unspecified atom stereocenters. The van der Waals surface area contributed by atoms with Gasteiger partial charge in [0.25, 0.3) is 0 Å². The third-order valence-corrected chi connectivity index (χ3v) is 3.73. The van der Waals surface area contributed by atoms with E-state index in [1.54, 1.807) is 0 Å². The van der Waals surface area contributed by atoms with E-state index in [4.69, 9.17) is 4.74 Å². The highest BCUT2D eigenvalue weighted by Gasteiger charge is 2.47. The lowest BCUT2D eigenvalue weighted by Crippen LogP contribution is -2.33. The molecule has 0 aromatic heterocycles. The van der Waals surface area contributed by atoms with Gasteiger partial charge in [0.1, 0.15) is 12.4 Å².